The monoisotopic (exact) mass is 406 g/mol. The predicted molar refractivity (Wildman–Crippen MR) is 111 cm³/mol. The highest BCUT2D eigenvalue weighted by atomic mass is 31.2. The van der Waals surface area contributed by atoms with Gasteiger partial charge < -0.3 is 14.3 Å². The van der Waals surface area contributed by atoms with E-state index < -0.39 is 20.4 Å². The normalized spacial score (nSPS) is 16.9. The van der Waals surface area contributed by atoms with E-state index in [1.807, 2.05) is 6.92 Å². The minimum Gasteiger partial charge on any atom is -0.328 e. The number of hydrogen-bond acceptors (Lipinski definition) is 3. The molecule has 0 bridgehead atoms. The van der Waals surface area contributed by atoms with Gasteiger partial charge in [0.05, 0.1) is 6.61 Å². The van der Waals surface area contributed by atoms with E-state index in [1.165, 1.54) is 17.8 Å². The summed E-state index contributed by atoms with van der Waals surface area (Å²) >= 11 is 0. The van der Waals surface area contributed by atoms with Crippen LogP contribution >= 0.6 is 15.0 Å². The maximum absolute atomic E-state index is 12.5. The number of allylic oxidation sites excluding steroid dienone is 6. The molecule has 2 atom stereocenters. The van der Waals surface area contributed by atoms with Crippen LogP contribution in [0.3, 0.4) is 0 Å². The van der Waals surface area contributed by atoms with Gasteiger partial charge in [-0.1, -0.05) is 34.9 Å². The molecule has 0 saturated carbocycles. The van der Waals surface area contributed by atoms with Crippen molar-refractivity contribution in [3.05, 3.63) is 34.9 Å². The van der Waals surface area contributed by atoms with E-state index in [1.54, 1.807) is 13.0 Å². The lowest BCUT2D eigenvalue weighted by atomic mass is 10.1. The van der Waals surface area contributed by atoms with Gasteiger partial charge in [0.15, 0.2) is 0 Å². The fourth-order valence-electron chi connectivity index (χ4n) is 2.59. The van der Waals surface area contributed by atoms with Crippen LogP contribution in [0, 0.1) is 0 Å². The zero-order chi connectivity index (χ0) is 20.4. The molecule has 2 unspecified atom stereocenters. The molecule has 0 aliphatic heterocycles. The topological polar surface area (TPSA) is 83.8 Å². The molecule has 26 heavy (non-hydrogen) atoms. The Balaban J connectivity index is 4.72. The van der Waals surface area contributed by atoms with Gasteiger partial charge in [-0.05, 0) is 66.7 Å². The molecular formula is C19H36O5P2. The van der Waals surface area contributed by atoms with Crippen LogP contribution in [0.25, 0.3) is 0 Å². The molecule has 0 aromatic rings. The van der Waals surface area contributed by atoms with Crippen molar-refractivity contribution in [2.45, 2.75) is 72.1 Å². The molecule has 0 aromatic heterocycles. The first kappa shape index (κ1) is 25.6. The second-order valence-corrected chi connectivity index (χ2v) is 12.0. The van der Waals surface area contributed by atoms with Gasteiger partial charge in [0.1, 0.15) is 5.40 Å². The molecule has 0 saturated heterocycles. The van der Waals surface area contributed by atoms with Crippen LogP contribution in [-0.4, -0.2) is 28.5 Å². The van der Waals surface area contributed by atoms with Gasteiger partial charge in [0.25, 0.3) is 0 Å². The van der Waals surface area contributed by atoms with Crippen LogP contribution in [-0.2, 0) is 13.7 Å². The van der Waals surface area contributed by atoms with Crippen LogP contribution in [0.4, 0.5) is 0 Å². The molecule has 0 aliphatic carbocycles. The summed E-state index contributed by atoms with van der Waals surface area (Å²) in [7, 11) is -7.86. The van der Waals surface area contributed by atoms with Crippen LogP contribution in [0.15, 0.2) is 34.9 Å². The average molecular weight is 406 g/mol. The Morgan fingerprint density at radius 3 is 1.92 bits per heavy atom. The van der Waals surface area contributed by atoms with Crippen molar-refractivity contribution < 1.29 is 23.4 Å². The summed E-state index contributed by atoms with van der Waals surface area (Å²) in [6.45, 7) is 11.4. The Bertz CT molecular complexity index is 609. The summed E-state index contributed by atoms with van der Waals surface area (Å²) < 4.78 is 29.3. The summed E-state index contributed by atoms with van der Waals surface area (Å²) in [4.78, 5) is 19.1. The van der Waals surface area contributed by atoms with Gasteiger partial charge >= 0.3 is 7.60 Å². The minimum atomic E-state index is -4.50. The van der Waals surface area contributed by atoms with E-state index in [2.05, 4.69) is 32.9 Å². The quantitative estimate of drug-likeness (QED) is 0.296. The van der Waals surface area contributed by atoms with Crippen LogP contribution in [0.2, 0.25) is 0 Å². The predicted octanol–water partition coefficient (Wildman–Crippen LogP) is 6.24. The van der Waals surface area contributed by atoms with Gasteiger partial charge in [-0.2, -0.15) is 0 Å². The first-order valence-corrected chi connectivity index (χ1v) is 12.9. The summed E-state index contributed by atoms with van der Waals surface area (Å²) in [6.07, 6.45) is 10.1. The molecule has 0 heterocycles. The Morgan fingerprint density at radius 1 is 0.962 bits per heavy atom. The number of rotatable bonds is 12. The van der Waals surface area contributed by atoms with Gasteiger partial charge in [0.2, 0.25) is 7.37 Å². The summed E-state index contributed by atoms with van der Waals surface area (Å²) in [6, 6.07) is 0. The van der Waals surface area contributed by atoms with Gasteiger partial charge in [-0.3, -0.25) is 9.13 Å². The third-order valence-corrected chi connectivity index (χ3v) is 9.33. The largest absolute Gasteiger partial charge is 0.338 e. The first-order chi connectivity index (χ1) is 11.9. The van der Waals surface area contributed by atoms with E-state index in [-0.39, 0.29) is 13.0 Å². The average Bonchev–Trinajstić information content (AvgIpc) is 2.45. The second-order valence-electron chi connectivity index (χ2n) is 7.09. The van der Waals surface area contributed by atoms with Gasteiger partial charge in [-0.25, -0.2) is 0 Å². The van der Waals surface area contributed by atoms with Crippen molar-refractivity contribution in [2.24, 2.45) is 0 Å². The van der Waals surface area contributed by atoms with Crippen molar-refractivity contribution in [3.63, 3.8) is 0 Å². The Morgan fingerprint density at radius 2 is 1.46 bits per heavy atom. The molecule has 152 valence electrons. The summed E-state index contributed by atoms with van der Waals surface area (Å²) in [5.74, 6) is 0. The standard InChI is InChI=1S/C19H36O5P2/c1-7-24-25(6,20)19(26(21,22)23)15-14-18(5)13-9-12-17(4)11-8-10-16(2)3/h10,12,14,19H,7-9,11,13,15H2,1-6H3,(H2,21,22,23)/b17-12+,18-14+. The Hall–Kier alpha value is -0.440. The van der Waals surface area contributed by atoms with Crippen molar-refractivity contribution in [3.8, 4) is 0 Å². The molecule has 0 spiro atoms. The highest BCUT2D eigenvalue weighted by Crippen LogP contribution is 2.64. The fraction of sp³-hybridized carbons (Fsp3) is 0.684. The zero-order valence-corrected chi connectivity index (χ0v) is 18.9. The minimum absolute atomic E-state index is 0.0627. The molecule has 2 N–H and O–H groups in total. The highest BCUT2D eigenvalue weighted by molar-refractivity contribution is 7.74. The maximum atomic E-state index is 12.5. The molecule has 7 heteroatoms. The lowest BCUT2D eigenvalue weighted by molar-refractivity contribution is 0.323. The van der Waals surface area contributed by atoms with Gasteiger partial charge in [0, 0.05) is 6.66 Å². The Kier molecular flexibility index (Phi) is 11.9. The van der Waals surface area contributed by atoms with E-state index in [0.29, 0.717) is 0 Å². The zero-order valence-electron chi connectivity index (χ0n) is 17.1. The summed E-state index contributed by atoms with van der Waals surface area (Å²) in [5.41, 5.74) is 3.71. The lowest BCUT2D eigenvalue weighted by Gasteiger charge is -2.24. The van der Waals surface area contributed by atoms with Crippen LogP contribution < -0.4 is 0 Å². The van der Waals surface area contributed by atoms with E-state index in [4.69, 9.17) is 4.52 Å². The van der Waals surface area contributed by atoms with Crippen molar-refractivity contribution >= 4 is 15.0 Å². The van der Waals surface area contributed by atoms with Crippen molar-refractivity contribution in [1.29, 1.82) is 0 Å². The number of hydrogen-bond donors (Lipinski definition) is 2. The molecule has 0 aromatic carbocycles. The maximum Gasteiger partial charge on any atom is 0.338 e. The van der Waals surface area contributed by atoms with Gasteiger partial charge in [-0.15, -0.1) is 0 Å². The van der Waals surface area contributed by atoms with Crippen LogP contribution in [0.5, 0.6) is 0 Å². The third kappa shape index (κ3) is 11.3. The SMILES string of the molecule is CCOP(C)(=O)C(C/C=C(\C)CC/C=C(\C)CCC=C(C)C)P(=O)(O)O. The smallest absolute Gasteiger partial charge is 0.328 e. The molecule has 5 nitrogen and oxygen atoms in total. The molecule has 0 fully saturated rings. The molecule has 0 rings (SSSR count). The Labute approximate surface area is 159 Å². The fourth-order valence-corrected chi connectivity index (χ4v) is 6.53. The summed E-state index contributed by atoms with van der Waals surface area (Å²) in [5, 5.41) is -1.27. The molecular weight excluding hydrogens is 370 g/mol. The van der Waals surface area contributed by atoms with E-state index >= 15 is 0 Å². The molecule has 0 radical (unpaired) electrons. The van der Waals surface area contributed by atoms with Crippen LogP contribution in [0.1, 0.15) is 66.7 Å². The third-order valence-electron chi connectivity index (χ3n) is 4.11. The highest BCUT2D eigenvalue weighted by Gasteiger charge is 2.41. The van der Waals surface area contributed by atoms with Crippen molar-refractivity contribution in [2.75, 3.05) is 13.3 Å². The lowest BCUT2D eigenvalue weighted by Crippen LogP contribution is -2.10. The second kappa shape index (κ2) is 12.1. The van der Waals surface area contributed by atoms with E-state index in [0.717, 1.165) is 31.3 Å². The molecule has 0 aliphatic rings. The van der Waals surface area contributed by atoms with Crippen molar-refractivity contribution in [1.82, 2.24) is 0 Å². The molecule has 0 amide bonds. The first-order valence-electron chi connectivity index (χ1n) is 9.11. The van der Waals surface area contributed by atoms with E-state index in [9.17, 15) is 18.9 Å².